The number of Topliss-reactive ketones (excluding diaryl/α,β-unsaturated/α-hetero) is 1. The molecule has 0 fully saturated rings. The van der Waals surface area contributed by atoms with E-state index in [1.807, 2.05) is 13.8 Å². The maximum atomic E-state index is 12.0. The lowest BCUT2D eigenvalue weighted by Crippen LogP contribution is -2.14. The van der Waals surface area contributed by atoms with Crippen LogP contribution in [0, 0.1) is 5.92 Å². The van der Waals surface area contributed by atoms with Gasteiger partial charge in [-0.1, -0.05) is 13.8 Å². The zero-order valence-corrected chi connectivity index (χ0v) is 11.1. The van der Waals surface area contributed by atoms with Gasteiger partial charge in [0.05, 0.1) is 17.2 Å². The van der Waals surface area contributed by atoms with E-state index in [2.05, 4.69) is 0 Å². The molecule has 0 saturated carbocycles. The largest absolute Gasteiger partial charge is 0.490 e. The van der Waals surface area contributed by atoms with Crippen molar-refractivity contribution in [1.29, 1.82) is 0 Å². The lowest BCUT2D eigenvalue weighted by molar-refractivity contribution is 0.0697. The molecule has 4 nitrogen and oxygen atoms in total. The molecule has 0 saturated heterocycles. The molecule has 0 atom stereocenters. The quantitative estimate of drug-likeness (QED) is 0.816. The molecule has 0 radical (unpaired) electrons. The van der Waals surface area contributed by atoms with Crippen molar-refractivity contribution in [3.8, 4) is 5.75 Å². The summed E-state index contributed by atoms with van der Waals surface area (Å²) in [5.41, 5.74) is 0.425. The van der Waals surface area contributed by atoms with E-state index < -0.39 is 5.97 Å². The molecule has 0 amide bonds. The van der Waals surface area contributed by atoms with E-state index in [-0.39, 0.29) is 23.4 Å². The summed E-state index contributed by atoms with van der Waals surface area (Å²) < 4.78 is 5.54. The van der Waals surface area contributed by atoms with Gasteiger partial charge in [0.25, 0.3) is 0 Å². The SMILES string of the molecule is CC(C)Oc1ccc(C(=O)O)cc1C(=O)C(C)C. The molecule has 0 aromatic heterocycles. The standard InChI is InChI=1S/C14H18O4/c1-8(2)13(15)11-7-10(14(16)17)5-6-12(11)18-9(3)4/h5-9H,1-4H3,(H,16,17). The first-order chi connectivity index (χ1) is 8.32. The summed E-state index contributed by atoms with van der Waals surface area (Å²) in [6.07, 6.45) is -0.0700. The van der Waals surface area contributed by atoms with Crippen molar-refractivity contribution in [3.05, 3.63) is 29.3 Å². The zero-order chi connectivity index (χ0) is 13.9. The van der Waals surface area contributed by atoms with Crippen LogP contribution in [0.2, 0.25) is 0 Å². The Bertz CT molecular complexity index is 461. The summed E-state index contributed by atoms with van der Waals surface area (Å²) in [6.45, 7) is 7.26. The third-order valence-corrected chi connectivity index (χ3v) is 2.38. The minimum Gasteiger partial charge on any atom is -0.490 e. The number of rotatable bonds is 5. The van der Waals surface area contributed by atoms with Gasteiger partial charge in [-0.15, -0.1) is 0 Å². The van der Waals surface area contributed by atoms with E-state index >= 15 is 0 Å². The van der Waals surface area contributed by atoms with Gasteiger partial charge in [-0.25, -0.2) is 4.79 Å². The molecule has 1 aromatic carbocycles. The normalized spacial score (nSPS) is 10.8. The Morgan fingerprint density at radius 1 is 1.17 bits per heavy atom. The second-order valence-corrected chi connectivity index (χ2v) is 4.70. The number of ether oxygens (including phenoxy) is 1. The number of carboxylic acid groups (broad SMARTS) is 1. The maximum Gasteiger partial charge on any atom is 0.335 e. The smallest absolute Gasteiger partial charge is 0.335 e. The van der Waals surface area contributed by atoms with Gasteiger partial charge in [0.1, 0.15) is 5.75 Å². The highest BCUT2D eigenvalue weighted by molar-refractivity contribution is 6.02. The third-order valence-electron chi connectivity index (χ3n) is 2.38. The molecule has 1 aromatic rings. The summed E-state index contributed by atoms with van der Waals surface area (Å²) in [5, 5.41) is 8.95. The van der Waals surface area contributed by atoms with Gasteiger partial charge in [0.15, 0.2) is 5.78 Å². The number of carboxylic acids is 1. The Balaban J connectivity index is 3.26. The van der Waals surface area contributed by atoms with E-state index in [1.54, 1.807) is 19.9 Å². The van der Waals surface area contributed by atoms with Crippen LogP contribution >= 0.6 is 0 Å². The highest BCUT2D eigenvalue weighted by atomic mass is 16.5. The third kappa shape index (κ3) is 3.32. The summed E-state index contributed by atoms with van der Waals surface area (Å²) in [7, 11) is 0. The van der Waals surface area contributed by atoms with E-state index in [0.29, 0.717) is 11.3 Å². The highest BCUT2D eigenvalue weighted by Gasteiger charge is 2.19. The molecule has 0 heterocycles. The van der Waals surface area contributed by atoms with Crippen molar-refractivity contribution in [2.24, 2.45) is 5.92 Å². The summed E-state index contributed by atoms with van der Waals surface area (Å²) in [4.78, 5) is 23.0. The summed E-state index contributed by atoms with van der Waals surface area (Å²) in [5.74, 6) is -0.935. The van der Waals surface area contributed by atoms with Crippen molar-refractivity contribution in [2.75, 3.05) is 0 Å². The fraction of sp³-hybridized carbons (Fsp3) is 0.429. The first-order valence-electron chi connectivity index (χ1n) is 5.91. The minimum absolute atomic E-state index is 0.0700. The molecule has 98 valence electrons. The minimum atomic E-state index is -1.05. The lowest BCUT2D eigenvalue weighted by atomic mass is 9.98. The monoisotopic (exact) mass is 250 g/mol. The van der Waals surface area contributed by atoms with Crippen LogP contribution in [-0.4, -0.2) is 23.0 Å². The maximum absolute atomic E-state index is 12.0. The van der Waals surface area contributed by atoms with Crippen molar-refractivity contribution in [2.45, 2.75) is 33.8 Å². The highest BCUT2D eigenvalue weighted by Crippen LogP contribution is 2.24. The van der Waals surface area contributed by atoms with Crippen molar-refractivity contribution < 1.29 is 19.4 Å². The van der Waals surface area contributed by atoms with Crippen LogP contribution in [-0.2, 0) is 0 Å². The summed E-state index contributed by atoms with van der Waals surface area (Å²) >= 11 is 0. The van der Waals surface area contributed by atoms with E-state index in [9.17, 15) is 9.59 Å². The predicted octanol–water partition coefficient (Wildman–Crippen LogP) is 3.01. The molecule has 1 rings (SSSR count). The number of carbonyl (C=O) groups excluding carboxylic acids is 1. The molecular weight excluding hydrogens is 232 g/mol. The second-order valence-electron chi connectivity index (χ2n) is 4.70. The second kappa shape index (κ2) is 5.67. The Hall–Kier alpha value is -1.84. The Morgan fingerprint density at radius 3 is 2.22 bits per heavy atom. The predicted molar refractivity (Wildman–Crippen MR) is 68.3 cm³/mol. The van der Waals surface area contributed by atoms with Crippen LogP contribution < -0.4 is 4.74 Å². The fourth-order valence-corrected chi connectivity index (χ4v) is 1.52. The van der Waals surface area contributed by atoms with Gasteiger partial charge in [-0.3, -0.25) is 4.79 Å². The Morgan fingerprint density at radius 2 is 1.78 bits per heavy atom. The molecule has 4 heteroatoms. The number of hydrogen-bond donors (Lipinski definition) is 1. The van der Waals surface area contributed by atoms with Gasteiger partial charge in [-0.2, -0.15) is 0 Å². The van der Waals surface area contributed by atoms with Crippen LogP contribution in [0.3, 0.4) is 0 Å². The van der Waals surface area contributed by atoms with E-state index in [4.69, 9.17) is 9.84 Å². The number of carbonyl (C=O) groups is 2. The molecule has 0 aliphatic rings. The van der Waals surface area contributed by atoms with Crippen LogP contribution in [0.25, 0.3) is 0 Å². The number of benzene rings is 1. The van der Waals surface area contributed by atoms with Gasteiger partial charge in [0, 0.05) is 5.92 Å². The van der Waals surface area contributed by atoms with Crippen LogP contribution in [0.5, 0.6) is 5.75 Å². The van der Waals surface area contributed by atoms with Crippen molar-refractivity contribution >= 4 is 11.8 Å². The molecular formula is C14H18O4. The van der Waals surface area contributed by atoms with Gasteiger partial charge >= 0.3 is 5.97 Å². The molecule has 0 bridgehead atoms. The number of aromatic carboxylic acids is 1. The van der Waals surface area contributed by atoms with E-state index in [1.165, 1.54) is 12.1 Å². The summed E-state index contributed by atoms with van der Waals surface area (Å²) in [6, 6.07) is 4.36. The van der Waals surface area contributed by atoms with Crippen LogP contribution in [0.15, 0.2) is 18.2 Å². The Kier molecular flexibility index (Phi) is 4.48. The van der Waals surface area contributed by atoms with Crippen molar-refractivity contribution in [3.63, 3.8) is 0 Å². The van der Waals surface area contributed by atoms with E-state index in [0.717, 1.165) is 0 Å². The average Bonchev–Trinajstić information content (AvgIpc) is 2.27. The molecule has 1 N–H and O–H groups in total. The molecule has 18 heavy (non-hydrogen) atoms. The number of ketones is 1. The molecule has 0 aliphatic heterocycles. The topological polar surface area (TPSA) is 63.6 Å². The van der Waals surface area contributed by atoms with Crippen LogP contribution in [0.4, 0.5) is 0 Å². The molecule has 0 aliphatic carbocycles. The first kappa shape index (κ1) is 14.2. The van der Waals surface area contributed by atoms with Crippen molar-refractivity contribution in [1.82, 2.24) is 0 Å². The Labute approximate surface area is 107 Å². The fourth-order valence-electron chi connectivity index (χ4n) is 1.52. The lowest BCUT2D eigenvalue weighted by Gasteiger charge is -2.15. The first-order valence-corrected chi connectivity index (χ1v) is 5.91. The van der Waals surface area contributed by atoms with Gasteiger partial charge in [0.2, 0.25) is 0 Å². The van der Waals surface area contributed by atoms with Crippen LogP contribution in [0.1, 0.15) is 48.4 Å². The van der Waals surface area contributed by atoms with Gasteiger partial charge in [-0.05, 0) is 32.0 Å². The average molecular weight is 250 g/mol. The molecule has 0 spiro atoms. The van der Waals surface area contributed by atoms with Gasteiger partial charge < -0.3 is 9.84 Å². The zero-order valence-electron chi connectivity index (χ0n) is 11.1. The molecule has 0 unspecified atom stereocenters. The number of hydrogen-bond acceptors (Lipinski definition) is 3.